The van der Waals surface area contributed by atoms with Gasteiger partial charge in [-0.25, -0.2) is 4.79 Å². The number of rotatable bonds is 6. The molecule has 2 N–H and O–H groups in total. The minimum Gasteiger partial charge on any atom is -0.377 e. The molecule has 2 unspecified atom stereocenters. The largest absolute Gasteiger partial charge is 0.377 e. The van der Waals surface area contributed by atoms with E-state index in [1.54, 1.807) is 0 Å². The van der Waals surface area contributed by atoms with Crippen LogP contribution in [0.2, 0.25) is 0 Å². The summed E-state index contributed by atoms with van der Waals surface area (Å²) >= 11 is 0. The van der Waals surface area contributed by atoms with Crippen LogP contribution < -0.4 is 25.3 Å². The number of urea groups is 1. The number of amides is 2. The molecule has 4 fully saturated rings. The molecule has 0 aliphatic carbocycles. The zero-order valence-corrected chi connectivity index (χ0v) is 25.9. The highest BCUT2D eigenvalue weighted by molar-refractivity contribution is 5.99. The number of nitrogens with one attached hydrogen (secondary N) is 2. The summed E-state index contributed by atoms with van der Waals surface area (Å²) in [5, 5.41) is 5.90. The van der Waals surface area contributed by atoms with Crippen molar-refractivity contribution in [2.45, 2.75) is 63.7 Å². The van der Waals surface area contributed by atoms with Crippen LogP contribution in [0.1, 0.15) is 39.5 Å². The van der Waals surface area contributed by atoms with E-state index in [-0.39, 0.29) is 6.03 Å². The first-order valence-electron chi connectivity index (χ1n) is 16.0. The zero-order valence-electron chi connectivity index (χ0n) is 25.9. The van der Waals surface area contributed by atoms with Crippen LogP contribution in [-0.4, -0.2) is 96.5 Å². The highest BCUT2D eigenvalue weighted by atomic mass is 16.5. The molecule has 3 aromatic rings. The van der Waals surface area contributed by atoms with Gasteiger partial charge in [0, 0.05) is 60.9 Å². The average Bonchev–Trinajstić information content (AvgIpc) is 3.50. The third-order valence-electron chi connectivity index (χ3n) is 9.66. The number of benzene rings is 2. The molecule has 1 aromatic heterocycles. The number of piperazine rings is 1. The molecule has 0 radical (unpaired) electrons. The highest BCUT2D eigenvalue weighted by Crippen LogP contribution is 2.35. The number of carbonyl (C=O) groups is 1. The topological polar surface area (TPSA) is 102 Å². The lowest BCUT2D eigenvalue weighted by molar-refractivity contribution is 0.0897. The lowest BCUT2D eigenvalue weighted by Gasteiger charge is -2.35. The number of aromatic nitrogens is 3. The molecule has 4 aliphatic rings. The van der Waals surface area contributed by atoms with Crippen LogP contribution in [-0.2, 0) is 4.74 Å². The van der Waals surface area contributed by atoms with E-state index >= 15 is 0 Å². The van der Waals surface area contributed by atoms with Crippen LogP contribution in [0.25, 0.3) is 11.4 Å². The van der Waals surface area contributed by atoms with Gasteiger partial charge in [0.1, 0.15) is 0 Å². The second kappa shape index (κ2) is 12.2. The van der Waals surface area contributed by atoms with Gasteiger partial charge in [-0.15, -0.1) is 0 Å². The van der Waals surface area contributed by atoms with Gasteiger partial charge in [-0.1, -0.05) is 0 Å². The van der Waals surface area contributed by atoms with Crippen LogP contribution in [0, 0.1) is 0 Å². The number of fused-ring (bicyclic) bond motifs is 2. The fraction of sp³-hybridized carbons (Fsp3) is 0.515. The van der Waals surface area contributed by atoms with Crippen molar-refractivity contribution in [1.29, 1.82) is 0 Å². The van der Waals surface area contributed by atoms with E-state index < -0.39 is 0 Å². The molecule has 0 saturated carbocycles. The summed E-state index contributed by atoms with van der Waals surface area (Å²) < 4.78 is 5.84. The summed E-state index contributed by atoms with van der Waals surface area (Å²) in [6.07, 6.45) is 4.45. The lowest BCUT2D eigenvalue weighted by Crippen LogP contribution is -2.47. The van der Waals surface area contributed by atoms with Crippen molar-refractivity contribution in [1.82, 2.24) is 19.9 Å². The molecule has 44 heavy (non-hydrogen) atoms. The van der Waals surface area contributed by atoms with Gasteiger partial charge < -0.3 is 35.0 Å². The summed E-state index contributed by atoms with van der Waals surface area (Å²) in [5.74, 6) is 2.14. The number of ether oxygens (including phenoxy) is 1. The second-order valence-electron chi connectivity index (χ2n) is 12.8. The average molecular weight is 598 g/mol. The van der Waals surface area contributed by atoms with E-state index in [1.807, 2.05) is 36.4 Å². The first kappa shape index (κ1) is 28.8. The Morgan fingerprint density at radius 1 is 0.727 bits per heavy atom. The maximum atomic E-state index is 12.8. The van der Waals surface area contributed by atoms with Crippen LogP contribution in [0.3, 0.4) is 0 Å². The zero-order chi connectivity index (χ0) is 30.2. The highest BCUT2D eigenvalue weighted by Gasteiger charge is 2.40. The molecule has 7 rings (SSSR count). The van der Waals surface area contributed by atoms with Crippen LogP contribution in [0.15, 0.2) is 48.5 Å². The third kappa shape index (κ3) is 5.90. The first-order chi connectivity index (χ1) is 21.4. The van der Waals surface area contributed by atoms with Gasteiger partial charge >= 0.3 is 6.03 Å². The van der Waals surface area contributed by atoms with Gasteiger partial charge in [0.05, 0.1) is 25.3 Å². The monoisotopic (exact) mass is 597 g/mol. The molecular weight excluding hydrogens is 554 g/mol. The maximum absolute atomic E-state index is 12.8. The summed E-state index contributed by atoms with van der Waals surface area (Å²) in [5.41, 5.74) is 3.52. The van der Waals surface area contributed by atoms with Crippen molar-refractivity contribution in [3.8, 4) is 11.4 Å². The molecule has 0 spiro atoms. The molecule has 5 heterocycles. The predicted molar refractivity (Wildman–Crippen MR) is 175 cm³/mol. The van der Waals surface area contributed by atoms with Gasteiger partial charge in [-0.2, -0.15) is 15.0 Å². The number of morpholine rings is 1. The fourth-order valence-electron chi connectivity index (χ4n) is 7.07. The van der Waals surface area contributed by atoms with E-state index in [0.717, 1.165) is 75.0 Å². The Morgan fingerprint density at radius 3 is 1.86 bits per heavy atom. The second-order valence-corrected chi connectivity index (χ2v) is 12.8. The first-order valence-corrected chi connectivity index (χ1v) is 16.0. The van der Waals surface area contributed by atoms with E-state index in [4.69, 9.17) is 19.7 Å². The molecular formula is C33H43N9O2. The minimum atomic E-state index is -0.283. The van der Waals surface area contributed by atoms with Crippen molar-refractivity contribution in [2.24, 2.45) is 0 Å². The number of hydrogen-bond donors (Lipinski definition) is 2. The van der Waals surface area contributed by atoms with Crippen LogP contribution in [0.5, 0.6) is 0 Å². The van der Waals surface area contributed by atoms with Crippen molar-refractivity contribution in [3.63, 3.8) is 0 Å². The van der Waals surface area contributed by atoms with Crippen molar-refractivity contribution >= 4 is 35.0 Å². The van der Waals surface area contributed by atoms with E-state index in [0.29, 0.717) is 48.9 Å². The number of nitrogens with zero attached hydrogens (tertiary/aromatic N) is 7. The summed E-state index contributed by atoms with van der Waals surface area (Å²) in [4.78, 5) is 37.2. The Hall–Kier alpha value is -3.96. The maximum Gasteiger partial charge on any atom is 0.323 e. The normalized spacial score (nSPS) is 25.4. The molecule has 2 bridgehead atoms. The molecule has 11 heteroatoms. The molecule has 232 valence electrons. The predicted octanol–water partition coefficient (Wildman–Crippen LogP) is 4.68. The van der Waals surface area contributed by atoms with Crippen molar-refractivity contribution < 1.29 is 9.53 Å². The Bertz CT molecular complexity index is 1430. The molecule has 2 amide bonds. The van der Waals surface area contributed by atoms with Crippen molar-refractivity contribution in [2.75, 3.05) is 71.8 Å². The van der Waals surface area contributed by atoms with Gasteiger partial charge in [0.15, 0.2) is 5.82 Å². The molecule has 11 nitrogen and oxygen atoms in total. The molecule has 4 aliphatic heterocycles. The summed E-state index contributed by atoms with van der Waals surface area (Å²) in [6.45, 7) is 10.1. The van der Waals surface area contributed by atoms with E-state index in [2.05, 4.69) is 63.3 Å². The van der Waals surface area contributed by atoms with Gasteiger partial charge in [0.2, 0.25) is 11.9 Å². The number of carbonyl (C=O) groups excluding carboxylic acids is 1. The quantitative estimate of drug-likeness (QED) is 0.419. The third-order valence-corrected chi connectivity index (χ3v) is 9.66. The lowest BCUT2D eigenvalue weighted by atomic mass is 10.2. The Balaban J connectivity index is 1.06. The van der Waals surface area contributed by atoms with Gasteiger partial charge in [-0.3, -0.25) is 0 Å². The Kier molecular flexibility index (Phi) is 7.98. The van der Waals surface area contributed by atoms with Crippen LogP contribution in [0.4, 0.5) is 33.8 Å². The summed E-state index contributed by atoms with van der Waals surface area (Å²) in [6, 6.07) is 16.9. The Labute approximate surface area is 259 Å². The number of hydrogen-bond acceptors (Lipinski definition) is 9. The molecule has 4 saturated heterocycles. The fourth-order valence-corrected chi connectivity index (χ4v) is 7.07. The number of anilines is 5. The Morgan fingerprint density at radius 2 is 1.27 bits per heavy atom. The summed E-state index contributed by atoms with van der Waals surface area (Å²) in [7, 11) is 2.15. The van der Waals surface area contributed by atoms with Gasteiger partial charge in [0.25, 0.3) is 0 Å². The van der Waals surface area contributed by atoms with E-state index in [9.17, 15) is 4.79 Å². The van der Waals surface area contributed by atoms with Crippen molar-refractivity contribution in [3.05, 3.63) is 48.5 Å². The SMILES string of the molecule is C[C@@H]1CC[C@H](C)N1c1nc(-c2ccc(NC(=O)Nc3ccc(N4CCN(C)CC4)cc3)cc2)nc(N2C3CCC2COC3)n1. The smallest absolute Gasteiger partial charge is 0.323 e. The minimum absolute atomic E-state index is 0.283. The van der Waals surface area contributed by atoms with Crippen LogP contribution >= 0.6 is 0 Å². The molecule has 2 aromatic carbocycles. The molecule has 4 atom stereocenters. The van der Waals surface area contributed by atoms with E-state index in [1.165, 1.54) is 5.69 Å². The number of likely N-dealkylation sites (N-methyl/N-ethyl adjacent to an activating group) is 1. The standard InChI is InChI=1S/C33H43N9O2/c1-22-4-5-23(2)41(22)31-36-30(37-32(38-31)42-28-14-15-29(42)21-44-20-28)24-6-8-25(9-7-24)34-33(43)35-26-10-12-27(13-11-26)40-18-16-39(3)17-19-40/h6-13,22-23,28-29H,4-5,14-21H2,1-3H3,(H2,34,35,43)/t22-,23+,28?,29?. The van der Waals surface area contributed by atoms with Gasteiger partial charge in [-0.05, 0) is 95.1 Å².